The Balaban J connectivity index is 2.02. The van der Waals surface area contributed by atoms with Crippen LogP contribution in [0.2, 0.25) is 0 Å². The number of carbonyl (C=O) groups excluding carboxylic acids is 1. The molecular weight excluding hydrogens is 348 g/mol. The molecule has 0 aliphatic carbocycles. The molecule has 1 amide bonds. The first-order valence-electron chi connectivity index (χ1n) is 8.65. The minimum absolute atomic E-state index is 0.0859. The zero-order chi connectivity index (χ0) is 19.2. The molecule has 2 rings (SSSR count). The molecule has 0 fully saturated rings. The van der Waals surface area contributed by atoms with Gasteiger partial charge in [-0.1, -0.05) is 48.5 Å². The van der Waals surface area contributed by atoms with Gasteiger partial charge in [-0.25, -0.2) is 13.1 Å². The van der Waals surface area contributed by atoms with Gasteiger partial charge < -0.3 is 5.32 Å². The van der Waals surface area contributed by atoms with Crippen molar-refractivity contribution < 1.29 is 13.2 Å². The summed E-state index contributed by atoms with van der Waals surface area (Å²) in [7, 11) is -3.41. The number of nitrogens with one attached hydrogen (secondary N) is 2. The normalized spacial score (nSPS) is 11.5. The molecule has 0 radical (unpaired) electrons. The molecule has 0 bridgehead atoms. The van der Waals surface area contributed by atoms with Crippen LogP contribution in [0.15, 0.2) is 48.5 Å². The second kappa shape index (κ2) is 8.96. The third-order valence-corrected chi connectivity index (χ3v) is 5.49. The van der Waals surface area contributed by atoms with Gasteiger partial charge in [-0.3, -0.25) is 4.79 Å². The maximum Gasteiger partial charge on any atom is 0.224 e. The van der Waals surface area contributed by atoms with Crippen LogP contribution in [0.25, 0.3) is 0 Å². The van der Waals surface area contributed by atoms with Crippen LogP contribution in [0, 0.1) is 6.92 Å². The molecule has 0 saturated carbocycles. The lowest BCUT2D eigenvalue weighted by Gasteiger charge is -2.13. The molecule has 2 N–H and O–H groups in total. The van der Waals surface area contributed by atoms with E-state index in [1.807, 2.05) is 43.3 Å². The highest BCUT2D eigenvalue weighted by molar-refractivity contribution is 7.88. The van der Waals surface area contributed by atoms with Crippen LogP contribution < -0.4 is 10.0 Å². The molecule has 0 aliphatic heterocycles. The number of benzene rings is 2. The molecule has 0 aliphatic rings. The quantitative estimate of drug-likeness (QED) is 0.746. The van der Waals surface area contributed by atoms with Crippen molar-refractivity contribution in [2.24, 2.45) is 0 Å². The van der Waals surface area contributed by atoms with Crippen LogP contribution in [-0.4, -0.2) is 20.4 Å². The lowest BCUT2D eigenvalue weighted by molar-refractivity contribution is -0.120. The predicted molar refractivity (Wildman–Crippen MR) is 104 cm³/mol. The Bertz CT molecular complexity index is 861. The van der Waals surface area contributed by atoms with Gasteiger partial charge in [-0.15, -0.1) is 0 Å². The highest BCUT2D eigenvalue weighted by Crippen LogP contribution is 2.13. The molecule has 26 heavy (non-hydrogen) atoms. The number of hydrogen-bond acceptors (Lipinski definition) is 3. The summed E-state index contributed by atoms with van der Waals surface area (Å²) < 4.78 is 26.9. The Morgan fingerprint density at radius 1 is 0.962 bits per heavy atom. The summed E-state index contributed by atoms with van der Waals surface area (Å²) >= 11 is 0. The lowest BCUT2D eigenvalue weighted by atomic mass is 10.1. The van der Waals surface area contributed by atoms with Crippen LogP contribution in [0.5, 0.6) is 0 Å². The average Bonchev–Trinajstić information content (AvgIpc) is 2.54. The van der Waals surface area contributed by atoms with Crippen molar-refractivity contribution in [2.45, 2.75) is 45.5 Å². The van der Waals surface area contributed by atoms with Gasteiger partial charge in [0, 0.05) is 12.6 Å². The summed E-state index contributed by atoms with van der Waals surface area (Å²) in [6.07, 6.45) is 0.308. The van der Waals surface area contributed by atoms with E-state index in [1.165, 1.54) is 0 Å². The number of carbonyl (C=O) groups is 1. The fourth-order valence-corrected chi connectivity index (χ4v) is 4.21. The summed E-state index contributed by atoms with van der Waals surface area (Å²) in [5.74, 6) is -0.188. The van der Waals surface area contributed by atoms with Crippen molar-refractivity contribution in [1.29, 1.82) is 0 Å². The Labute approximate surface area is 155 Å². The Kier molecular flexibility index (Phi) is 6.94. The van der Waals surface area contributed by atoms with Crippen LogP contribution in [-0.2, 0) is 33.5 Å². The van der Waals surface area contributed by atoms with Gasteiger partial charge in [0.15, 0.2) is 0 Å². The summed E-state index contributed by atoms with van der Waals surface area (Å²) in [5.41, 5.74) is 3.56. The SMILES string of the molecule is Cc1ccccc1CC(=O)NCc1ccccc1CS(=O)(=O)NC(C)C. The Morgan fingerprint density at radius 3 is 2.15 bits per heavy atom. The molecule has 2 aromatic rings. The van der Waals surface area contributed by atoms with Crippen molar-refractivity contribution in [3.8, 4) is 0 Å². The van der Waals surface area contributed by atoms with Crippen molar-refractivity contribution in [2.75, 3.05) is 0 Å². The summed E-state index contributed by atoms with van der Waals surface area (Å²) in [4.78, 5) is 12.2. The molecule has 6 heteroatoms. The smallest absolute Gasteiger partial charge is 0.224 e. The van der Waals surface area contributed by atoms with Crippen LogP contribution in [0.3, 0.4) is 0 Å². The number of aryl methyl sites for hydroxylation is 1. The minimum Gasteiger partial charge on any atom is -0.352 e. The molecule has 0 heterocycles. The van der Waals surface area contributed by atoms with Crippen molar-refractivity contribution in [1.82, 2.24) is 10.0 Å². The van der Waals surface area contributed by atoms with E-state index in [0.29, 0.717) is 18.5 Å². The van der Waals surface area contributed by atoms with Gasteiger partial charge >= 0.3 is 0 Å². The van der Waals surface area contributed by atoms with Crippen molar-refractivity contribution in [3.05, 3.63) is 70.8 Å². The van der Waals surface area contributed by atoms with E-state index in [4.69, 9.17) is 0 Å². The van der Waals surface area contributed by atoms with Gasteiger partial charge in [0.2, 0.25) is 15.9 Å². The first kappa shape index (κ1) is 20.1. The van der Waals surface area contributed by atoms with Crippen molar-refractivity contribution >= 4 is 15.9 Å². The zero-order valence-corrected chi connectivity index (χ0v) is 16.3. The molecule has 5 nitrogen and oxygen atoms in total. The number of hydrogen-bond donors (Lipinski definition) is 2. The average molecular weight is 375 g/mol. The lowest BCUT2D eigenvalue weighted by Crippen LogP contribution is -2.32. The monoisotopic (exact) mass is 374 g/mol. The van der Waals surface area contributed by atoms with Crippen molar-refractivity contribution in [3.63, 3.8) is 0 Å². The van der Waals surface area contributed by atoms with Gasteiger partial charge in [0.25, 0.3) is 0 Å². The Hall–Kier alpha value is -2.18. The molecule has 0 saturated heterocycles. The highest BCUT2D eigenvalue weighted by Gasteiger charge is 2.15. The zero-order valence-electron chi connectivity index (χ0n) is 15.5. The minimum atomic E-state index is -3.41. The third kappa shape index (κ3) is 6.28. The second-order valence-corrected chi connectivity index (χ2v) is 8.43. The van der Waals surface area contributed by atoms with Crippen LogP contribution in [0.1, 0.15) is 36.1 Å². The molecule has 0 aromatic heterocycles. The molecule has 0 spiro atoms. The van der Waals surface area contributed by atoms with E-state index in [0.717, 1.165) is 16.7 Å². The molecule has 0 atom stereocenters. The number of rotatable bonds is 8. The summed E-state index contributed by atoms with van der Waals surface area (Å²) in [5, 5.41) is 2.89. The maximum absolute atomic E-state index is 12.2. The van der Waals surface area contributed by atoms with E-state index in [2.05, 4.69) is 10.0 Å². The van der Waals surface area contributed by atoms with Gasteiger partial charge in [0.1, 0.15) is 0 Å². The topological polar surface area (TPSA) is 75.3 Å². The fourth-order valence-electron chi connectivity index (χ4n) is 2.71. The summed E-state index contributed by atoms with van der Waals surface area (Å²) in [6.45, 7) is 5.85. The highest BCUT2D eigenvalue weighted by atomic mass is 32.2. The third-order valence-electron chi connectivity index (χ3n) is 3.97. The van der Waals surface area contributed by atoms with Crippen LogP contribution in [0.4, 0.5) is 0 Å². The summed E-state index contributed by atoms with van der Waals surface area (Å²) in [6, 6.07) is 14.9. The van der Waals surface area contributed by atoms with E-state index >= 15 is 0 Å². The standard InChI is InChI=1S/C20H26N2O3S/c1-15(2)22-26(24,25)14-19-11-7-6-10-18(19)13-21-20(23)12-17-9-5-4-8-16(17)3/h4-11,15,22H,12-14H2,1-3H3,(H,21,23). The molecule has 140 valence electrons. The van der Waals surface area contributed by atoms with Gasteiger partial charge in [0.05, 0.1) is 12.2 Å². The molecule has 2 aromatic carbocycles. The number of amides is 1. The van der Waals surface area contributed by atoms with Crippen LogP contribution >= 0.6 is 0 Å². The van der Waals surface area contributed by atoms with Gasteiger partial charge in [-0.05, 0) is 43.0 Å². The maximum atomic E-state index is 12.2. The molecular formula is C20H26N2O3S. The van der Waals surface area contributed by atoms with E-state index in [1.54, 1.807) is 26.0 Å². The predicted octanol–water partition coefficient (Wildman–Crippen LogP) is 2.68. The second-order valence-electron chi connectivity index (χ2n) is 6.68. The first-order valence-corrected chi connectivity index (χ1v) is 10.3. The number of sulfonamides is 1. The fraction of sp³-hybridized carbons (Fsp3) is 0.350. The van der Waals surface area contributed by atoms with Gasteiger partial charge in [-0.2, -0.15) is 0 Å². The van der Waals surface area contributed by atoms with E-state index in [9.17, 15) is 13.2 Å². The Morgan fingerprint density at radius 2 is 1.54 bits per heavy atom. The molecule has 0 unspecified atom stereocenters. The van der Waals surface area contributed by atoms with E-state index in [-0.39, 0.29) is 17.7 Å². The largest absolute Gasteiger partial charge is 0.352 e. The first-order chi connectivity index (χ1) is 12.3. The van der Waals surface area contributed by atoms with E-state index < -0.39 is 10.0 Å².